The minimum atomic E-state index is -0.540. The highest BCUT2D eigenvalue weighted by molar-refractivity contribution is 6.28. The van der Waals surface area contributed by atoms with Gasteiger partial charge in [-0.15, -0.1) is 0 Å². The molecule has 1 aromatic carbocycles. The van der Waals surface area contributed by atoms with Crippen LogP contribution in [0.3, 0.4) is 0 Å². The second kappa shape index (κ2) is 3.06. The highest BCUT2D eigenvalue weighted by atomic mass is 35.5. The molecule has 3 nitrogen and oxygen atoms in total. The molecule has 0 aliphatic carbocycles. The first-order valence-corrected chi connectivity index (χ1v) is 4.30. The molecule has 2 rings (SSSR count). The van der Waals surface area contributed by atoms with Gasteiger partial charge in [-0.05, 0) is 23.7 Å². The van der Waals surface area contributed by atoms with E-state index in [0.29, 0.717) is 0 Å². The fourth-order valence-electron chi connectivity index (χ4n) is 1.23. The van der Waals surface area contributed by atoms with Gasteiger partial charge in [0.25, 0.3) is 5.56 Å². The van der Waals surface area contributed by atoms with Crippen molar-refractivity contribution in [1.29, 1.82) is 0 Å². The molecule has 0 unspecified atom stereocenters. The molecule has 0 bridgehead atoms. The lowest BCUT2D eigenvalue weighted by atomic mass is 10.2. The Labute approximate surface area is 83.8 Å². The highest BCUT2D eigenvalue weighted by Gasteiger charge is 2.08. The Morgan fingerprint density at radius 2 is 2.21 bits per heavy atom. The van der Waals surface area contributed by atoms with Crippen LogP contribution in [0, 0.1) is 5.82 Å². The number of aromatic nitrogens is 2. The summed E-state index contributed by atoms with van der Waals surface area (Å²) in [5, 5.41) is 0.213. The molecule has 0 N–H and O–H groups in total. The van der Waals surface area contributed by atoms with E-state index >= 15 is 0 Å². The third-order valence-electron chi connectivity index (χ3n) is 2.00. The number of nitrogens with zero attached hydrogens (tertiary/aromatic N) is 2. The zero-order valence-electron chi connectivity index (χ0n) is 7.29. The normalized spacial score (nSPS) is 10.8. The maximum atomic E-state index is 13.2. The van der Waals surface area contributed by atoms with Crippen molar-refractivity contribution >= 4 is 22.5 Å². The van der Waals surface area contributed by atoms with Gasteiger partial charge in [0.1, 0.15) is 11.3 Å². The maximum absolute atomic E-state index is 13.2. The van der Waals surface area contributed by atoms with Gasteiger partial charge in [-0.3, -0.25) is 9.36 Å². The number of rotatable bonds is 0. The van der Waals surface area contributed by atoms with Gasteiger partial charge in [0.2, 0.25) is 5.28 Å². The predicted molar refractivity (Wildman–Crippen MR) is 52.0 cm³/mol. The van der Waals surface area contributed by atoms with Crippen LogP contribution in [0.15, 0.2) is 23.0 Å². The molecule has 14 heavy (non-hydrogen) atoms. The summed E-state index contributed by atoms with van der Waals surface area (Å²) in [6, 6.07) is 4.23. The van der Waals surface area contributed by atoms with Crippen molar-refractivity contribution in [2.75, 3.05) is 0 Å². The minimum Gasteiger partial charge on any atom is -0.286 e. The summed E-state index contributed by atoms with van der Waals surface area (Å²) in [5.74, 6) is -0.540. The molecule has 72 valence electrons. The molecule has 0 amide bonds. The average molecular weight is 213 g/mol. The summed E-state index contributed by atoms with van der Waals surface area (Å²) in [4.78, 5) is 15.4. The minimum absolute atomic E-state index is 0.0144. The molecule has 1 heterocycles. The van der Waals surface area contributed by atoms with E-state index in [1.807, 2.05) is 0 Å². The lowest BCUT2D eigenvalue weighted by Crippen LogP contribution is -2.19. The maximum Gasteiger partial charge on any atom is 0.262 e. The van der Waals surface area contributed by atoms with Crippen molar-refractivity contribution in [3.8, 4) is 0 Å². The third-order valence-corrected chi connectivity index (χ3v) is 2.34. The van der Waals surface area contributed by atoms with Gasteiger partial charge >= 0.3 is 0 Å². The van der Waals surface area contributed by atoms with Crippen LogP contribution in [0.2, 0.25) is 5.28 Å². The molecule has 0 aliphatic rings. The molecule has 2 aromatic rings. The van der Waals surface area contributed by atoms with Crippen molar-refractivity contribution in [2.24, 2.45) is 7.05 Å². The Morgan fingerprint density at radius 1 is 1.50 bits per heavy atom. The number of hydrogen-bond acceptors (Lipinski definition) is 2. The van der Waals surface area contributed by atoms with E-state index in [9.17, 15) is 9.18 Å². The summed E-state index contributed by atoms with van der Waals surface area (Å²) in [5.41, 5.74) is -0.333. The van der Waals surface area contributed by atoms with Gasteiger partial charge in [0.15, 0.2) is 0 Å². The number of para-hydroxylation sites is 1. The molecule has 0 saturated heterocycles. The van der Waals surface area contributed by atoms with Gasteiger partial charge in [0, 0.05) is 7.05 Å². The van der Waals surface area contributed by atoms with Gasteiger partial charge in [-0.1, -0.05) is 6.07 Å². The first kappa shape index (κ1) is 9.15. The largest absolute Gasteiger partial charge is 0.286 e. The smallest absolute Gasteiger partial charge is 0.262 e. The fraction of sp³-hybridized carbons (Fsp3) is 0.111. The van der Waals surface area contributed by atoms with Crippen LogP contribution in [0.4, 0.5) is 4.39 Å². The zero-order chi connectivity index (χ0) is 10.3. The van der Waals surface area contributed by atoms with Crippen molar-refractivity contribution in [2.45, 2.75) is 0 Å². The fourth-order valence-corrected chi connectivity index (χ4v) is 1.39. The van der Waals surface area contributed by atoms with Crippen LogP contribution in [0.1, 0.15) is 0 Å². The van der Waals surface area contributed by atoms with Crippen molar-refractivity contribution in [3.05, 3.63) is 39.7 Å². The zero-order valence-corrected chi connectivity index (χ0v) is 8.05. The van der Waals surface area contributed by atoms with Gasteiger partial charge in [-0.2, -0.15) is 0 Å². The summed E-state index contributed by atoms with van der Waals surface area (Å²) in [7, 11) is 1.49. The third kappa shape index (κ3) is 1.19. The standard InChI is InChI=1S/C9H6ClFN2O/c1-13-8(14)5-3-2-4-6(11)7(5)12-9(13)10/h2-4H,1H3. The molecule has 0 fully saturated rings. The van der Waals surface area contributed by atoms with Crippen LogP contribution >= 0.6 is 11.6 Å². The van der Waals surface area contributed by atoms with Crippen LogP contribution in [0.25, 0.3) is 10.9 Å². The van der Waals surface area contributed by atoms with Crippen LogP contribution in [-0.4, -0.2) is 9.55 Å². The number of halogens is 2. The Bertz CT molecular complexity index is 564. The van der Waals surface area contributed by atoms with Gasteiger partial charge < -0.3 is 0 Å². The Kier molecular flexibility index (Phi) is 2.00. The van der Waals surface area contributed by atoms with E-state index in [-0.39, 0.29) is 21.7 Å². The van der Waals surface area contributed by atoms with E-state index in [4.69, 9.17) is 11.6 Å². The number of fused-ring (bicyclic) bond motifs is 1. The summed E-state index contributed by atoms with van der Waals surface area (Å²) >= 11 is 5.65. The van der Waals surface area contributed by atoms with Crippen LogP contribution < -0.4 is 5.56 Å². The van der Waals surface area contributed by atoms with Crippen LogP contribution in [0.5, 0.6) is 0 Å². The molecule has 1 aromatic heterocycles. The Balaban J connectivity index is 3.06. The van der Waals surface area contributed by atoms with Crippen LogP contribution in [-0.2, 0) is 7.05 Å². The lowest BCUT2D eigenvalue weighted by Gasteiger charge is -2.03. The van der Waals surface area contributed by atoms with E-state index in [2.05, 4.69) is 4.98 Å². The predicted octanol–water partition coefficient (Wildman–Crippen LogP) is 1.73. The lowest BCUT2D eigenvalue weighted by molar-refractivity contribution is 0.635. The highest BCUT2D eigenvalue weighted by Crippen LogP contribution is 2.13. The van der Waals surface area contributed by atoms with Crippen molar-refractivity contribution in [1.82, 2.24) is 9.55 Å². The van der Waals surface area contributed by atoms with E-state index in [1.165, 1.54) is 29.8 Å². The molecule has 0 aliphatic heterocycles. The monoisotopic (exact) mass is 212 g/mol. The first-order valence-electron chi connectivity index (χ1n) is 3.92. The molecule has 0 radical (unpaired) electrons. The van der Waals surface area contributed by atoms with E-state index in [1.54, 1.807) is 0 Å². The summed E-state index contributed by atoms with van der Waals surface area (Å²) in [6.07, 6.45) is 0. The molecular weight excluding hydrogens is 207 g/mol. The number of hydrogen-bond donors (Lipinski definition) is 0. The second-order valence-corrected chi connectivity index (χ2v) is 3.22. The summed E-state index contributed by atoms with van der Waals surface area (Å²) < 4.78 is 14.4. The topological polar surface area (TPSA) is 34.9 Å². The molecule has 0 saturated carbocycles. The van der Waals surface area contributed by atoms with Gasteiger partial charge in [-0.25, -0.2) is 9.37 Å². The first-order chi connectivity index (χ1) is 6.61. The molecule has 0 atom stereocenters. The number of benzene rings is 1. The molecule has 5 heteroatoms. The molecular formula is C9H6ClFN2O. The van der Waals surface area contributed by atoms with Crippen molar-refractivity contribution < 1.29 is 4.39 Å². The Morgan fingerprint density at radius 3 is 2.93 bits per heavy atom. The van der Waals surface area contributed by atoms with Crippen molar-refractivity contribution in [3.63, 3.8) is 0 Å². The van der Waals surface area contributed by atoms with Gasteiger partial charge in [0.05, 0.1) is 5.39 Å². The second-order valence-electron chi connectivity index (χ2n) is 2.88. The Hall–Kier alpha value is -1.42. The van der Waals surface area contributed by atoms with E-state index in [0.717, 1.165) is 0 Å². The van der Waals surface area contributed by atoms with E-state index < -0.39 is 5.82 Å². The average Bonchev–Trinajstić information content (AvgIpc) is 2.17. The summed E-state index contributed by atoms with van der Waals surface area (Å²) in [6.45, 7) is 0. The quantitative estimate of drug-likeness (QED) is 0.624. The SMILES string of the molecule is Cn1c(Cl)nc2c(F)cccc2c1=O. The molecule has 0 spiro atoms.